The second kappa shape index (κ2) is 9.47. The highest BCUT2D eigenvalue weighted by molar-refractivity contribution is 6.30. The molecule has 182 valence electrons. The fourth-order valence-electron chi connectivity index (χ4n) is 5.41. The number of nitrogens with zero attached hydrogens (tertiary/aromatic N) is 2. The minimum Gasteiger partial charge on any atom is -0.360 e. The first-order valence-corrected chi connectivity index (χ1v) is 12.8. The summed E-state index contributed by atoms with van der Waals surface area (Å²) in [6.07, 6.45) is 4.51. The summed E-state index contributed by atoms with van der Waals surface area (Å²) in [6, 6.07) is 7.90. The summed E-state index contributed by atoms with van der Waals surface area (Å²) in [6.45, 7) is 14.9. The molecule has 0 amide bonds. The predicted octanol–water partition coefficient (Wildman–Crippen LogP) is 7.92. The van der Waals surface area contributed by atoms with E-state index >= 15 is 0 Å². The average molecular weight is 481 g/mol. The summed E-state index contributed by atoms with van der Waals surface area (Å²) in [5.41, 5.74) is 6.75. The summed E-state index contributed by atoms with van der Waals surface area (Å²) in [7, 11) is 0. The molecule has 2 aromatic heterocycles. The Hall–Kier alpha value is -2.17. The van der Waals surface area contributed by atoms with Crippen molar-refractivity contribution >= 4 is 28.4 Å². The molecule has 1 atom stereocenters. The van der Waals surface area contributed by atoms with Crippen LogP contribution in [0, 0.1) is 26.7 Å². The third kappa shape index (κ3) is 4.81. The van der Waals surface area contributed by atoms with Crippen molar-refractivity contribution in [3.05, 3.63) is 51.8 Å². The molecular weight excluding hydrogens is 444 g/mol. The fourth-order valence-corrected chi connectivity index (χ4v) is 5.53. The fraction of sp³-hybridized carbons (Fsp3) is 0.517. The maximum absolute atomic E-state index is 13.0. The van der Waals surface area contributed by atoms with Gasteiger partial charge < -0.3 is 9.30 Å². The van der Waals surface area contributed by atoms with Crippen LogP contribution < -0.4 is 0 Å². The number of hydrogen-bond acceptors (Lipinski definition) is 3. The predicted molar refractivity (Wildman–Crippen MR) is 141 cm³/mol. The number of aryl methyl sites for hydroxylation is 2. The number of aromatic nitrogens is 2. The molecule has 0 bridgehead atoms. The van der Waals surface area contributed by atoms with Gasteiger partial charge in [0.25, 0.3) is 0 Å². The number of carbonyl (C=O) groups is 1. The number of rotatable bonds is 6. The summed E-state index contributed by atoms with van der Waals surface area (Å²) in [5.74, 6) is 0.679. The van der Waals surface area contributed by atoms with Gasteiger partial charge in [-0.3, -0.25) is 4.79 Å². The number of halogens is 1. The smallest absolute Gasteiger partial charge is 0.163 e. The van der Waals surface area contributed by atoms with E-state index in [9.17, 15) is 4.79 Å². The molecule has 1 aliphatic carbocycles. The number of ketones is 1. The van der Waals surface area contributed by atoms with Gasteiger partial charge >= 0.3 is 0 Å². The molecule has 2 heterocycles. The average Bonchev–Trinajstić information content (AvgIpc) is 3.34. The normalized spacial score (nSPS) is 15.9. The lowest BCUT2D eigenvalue weighted by atomic mass is 9.90. The van der Waals surface area contributed by atoms with E-state index in [1.807, 2.05) is 52.0 Å². The van der Waals surface area contributed by atoms with Crippen molar-refractivity contribution < 1.29 is 9.53 Å². The van der Waals surface area contributed by atoms with E-state index in [1.54, 1.807) is 6.92 Å². The molecule has 0 radical (unpaired) electrons. The number of benzene rings is 1. The molecule has 1 aromatic carbocycles. The van der Waals surface area contributed by atoms with Crippen molar-refractivity contribution in [1.29, 1.82) is 0 Å². The van der Waals surface area contributed by atoms with Gasteiger partial charge in [0.1, 0.15) is 11.8 Å². The lowest BCUT2D eigenvalue weighted by Gasteiger charge is -2.29. The SMILES string of the molecule is CC(=O)[C@@H](OC(C)(C)C)c1c(C)nc2c(c(C)c(C)n2CC2CCCC2)c1-c1ccc(Cl)cc1. The number of Topliss-reactive ketones (excluding diaryl/α,β-unsaturated/α-hetero) is 1. The van der Waals surface area contributed by atoms with Crippen LogP contribution in [0.1, 0.15) is 82.0 Å². The van der Waals surface area contributed by atoms with Gasteiger partial charge in [-0.05, 0) is 90.5 Å². The highest BCUT2D eigenvalue weighted by Gasteiger charge is 2.32. The molecule has 0 spiro atoms. The summed E-state index contributed by atoms with van der Waals surface area (Å²) in [5, 5.41) is 1.80. The van der Waals surface area contributed by atoms with Crippen molar-refractivity contribution in [2.45, 2.75) is 92.4 Å². The van der Waals surface area contributed by atoms with Crippen LogP contribution >= 0.6 is 11.6 Å². The number of ether oxygens (including phenoxy) is 1. The molecule has 0 N–H and O–H groups in total. The topological polar surface area (TPSA) is 44.1 Å². The molecule has 0 saturated heterocycles. The number of carbonyl (C=O) groups excluding carboxylic acids is 1. The maximum Gasteiger partial charge on any atom is 0.163 e. The zero-order chi connectivity index (χ0) is 24.8. The van der Waals surface area contributed by atoms with Crippen LogP contribution in [-0.2, 0) is 16.1 Å². The van der Waals surface area contributed by atoms with Crippen molar-refractivity contribution in [1.82, 2.24) is 9.55 Å². The second-order valence-electron chi connectivity index (χ2n) is 10.9. The van der Waals surface area contributed by atoms with Crippen LogP contribution in [0.4, 0.5) is 0 Å². The molecule has 1 fully saturated rings. The Morgan fingerprint density at radius 3 is 2.32 bits per heavy atom. The summed E-state index contributed by atoms with van der Waals surface area (Å²) >= 11 is 6.25. The Balaban J connectivity index is 2.04. The Labute approximate surface area is 208 Å². The van der Waals surface area contributed by atoms with E-state index in [1.165, 1.54) is 36.9 Å². The zero-order valence-corrected chi connectivity index (χ0v) is 22.3. The summed E-state index contributed by atoms with van der Waals surface area (Å²) < 4.78 is 8.77. The Kier molecular flexibility index (Phi) is 6.94. The van der Waals surface area contributed by atoms with E-state index in [-0.39, 0.29) is 5.78 Å². The Morgan fingerprint density at radius 1 is 1.15 bits per heavy atom. The first-order chi connectivity index (χ1) is 16.0. The van der Waals surface area contributed by atoms with Crippen molar-refractivity contribution in [2.75, 3.05) is 0 Å². The number of fused-ring (bicyclic) bond motifs is 1. The molecule has 34 heavy (non-hydrogen) atoms. The Bertz CT molecular complexity index is 1210. The standard InChI is InChI=1S/C29H37ClN2O2/c1-17-19(3)32(16-21-10-8-9-11-21)28-24(17)26(22-12-14-23(30)15-13-22)25(18(2)31-28)27(20(4)33)34-29(5,6)7/h12-15,21,27H,8-11,16H2,1-7H3/t27-/m1/s1. The third-order valence-electron chi connectivity index (χ3n) is 7.14. The molecule has 0 unspecified atom stereocenters. The van der Waals surface area contributed by atoms with Gasteiger partial charge in [-0.25, -0.2) is 4.98 Å². The van der Waals surface area contributed by atoms with Crippen LogP contribution in [0.15, 0.2) is 24.3 Å². The van der Waals surface area contributed by atoms with Crippen LogP contribution in [0.3, 0.4) is 0 Å². The maximum atomic E-state index is 13.0. The van der Waals surface area contributed by atoms with E-state index in [4.69, 9.17) is 21.3 Å². The minimum absolute atomic E-state index is 0.0193. The Morgan fingerprint density at radius 2 is 1.76 bits per heavy atom. The summed E-state index contributed by atoms with van der Waals surface area (Å²) in [4.78, 5) is 18.1. The molecular formula is C29H37ClN2O2. The van der Waals surface area contributed by atoms with Gasteiger partial charge in [0.15, 0.2) is 5.78 Å². The number of hydrogen-bond donors (Lipinski definition) is 0. The third-order valence-corrected chi connectivity index (χ3v) is 7.39. The largest absolute Gasteiger partial charge is 0.360 e. The molecule has 5 heteroatoms. The van der Waals surface area contributed by atoms with Gasteiger partial charge in [-0.15, -0.1) is 0 Å². The van der Waals surface area contributed by atoms with Gasteiger partial charge in [-0.2, -0.15) is 0 Å². The van der Waals surface area contributed by atoms with Gasteiger partial charge in [0.05, 0.1) is 5.60 Å². The van der Waals surface area contributed by atoms with E-state index in [0.717, 1.165) is 40.0 Å². The van der Waals surface area contributed by atoms with Crippen LogP contribution in [0.2, 0.25) is 5.02 Å². The minimum atomic E-state index is -0.694. The van der Waals surface area contributed by atoms with Gasteiger partial charge in [0, 0.05) is 39.5 Å². The van der Waals surface area contributed by atoms with Crippen molar-refractivity contribution in [2.24, 2.45) is 5.92 Å². The molecule has 3 aromatic rings. The first-order valence-electron chi connectivity index (χ1n) is 12.4. The molecule has 1 aliphatic rings. The van der Waals surface area contributed by atoms with Crippen LogP contribution in [-0.4, -0.2) is 20.9 Å². The van der Waals surface area contributed by atoms with Crippen LogP contribution in [0.5, 0.6) is 0 Å². The molecule has 1 saturated carbocycles. The number of pyridine rings is 1. The molecule has 4 rings (SSSR count). The van der Waals surface area contributed by atoms with Gasteiger partial charge in [0.2, 0.25) is 0 Å². The van der Waals surface area contributed by atoms with E-state index in [2.05, 4.69) is 18.4 Å². The lowest BCUT2D eigenvalue weighted by Crippen LogP contribution is -2.27. The molecule has 0 aliphatic heterocycles. The van der Waals surface area contributed by atoms with E-state index < -0.39 is 11.7 Å². The first kappa shape index (κ1) is 24.9. The van der Waals surface area contributed by atoms with Crippen molar-refractivity contribution in [3.63, 3.8) is 0 Å². The zero-order valence-electron chi connectivity index (χ0n) is 21.6. The quantitative estimate of drug-likeness (QED) is 0.360. The lowest BCUT2D eigenvalue weighted by molar-refractivity contribution is -0.138. The monoisotopic (exact) mass is 480 g/mol. The van der Waals surface area contributed by atoms with E-state index in [0.29, 0.717) is 10.9 Å². The highest BCUT2D eigenvalue weighted by atomic mass is 35.5. The van der Waals surface area contributed by atoms with Crippen molar-refractivity contribution in [3.8, 4) is 11.1 Å². The molecule has 4 nitrogen and oxygen atoms in total. The highest BCUT2D eigenvalue weighted by Crippen LogP contribution is 2.43. The van der Waals surface area contributed by atoms with Gasteiger partial charge in [-0.1, -0.05) is 36.6 Å². The van der Waals surface area contributed by atoms with Crippen LogP contribution in [0.25, 0.3) is 22.2 Å². The second-order valence-corrected chi connectivity index (χ2v) is 11.3.